The van der Waals surface area contributed by atoms with E-state index in [1.807, 2.05) is 29.2 Å². The number of benzene rings is 1. The van der Waals surface area contributed by atoms with Crippen LogP contribution in [0.3, 0.4) is 0 Å². The lowest BCUT2D eigenvalue weighted by Crippen LogP contribution is -2.49. The third-order valence-electron chi connectivity index (χ3n) is 4.73. The standard InChI is InChI=1S/C19H28N2O3/c1-4-15-6-9-16(10-7-15)19(23)21-13-17(8-5-14(21)2)18(22)20-11-12-24-3/h6-7,9-10,14,17H,4-5,8,11-13H2,1-3H3,(H,20,22)/t14-,17+/m1/s1. The van der Waals surface area contributed by atoms with Crippen LogP contribution >= 0.6 is 0 Å². The second kappa shape index (κ2) is 8.83. The molecule has 1 aromatic carbocycles. The molecule has 0 aliphatic carbocycles. The maximum Gasteiger partial charge on any atom is 0.254 e. The number of piperidine rings is 1. The van der Waals surface area contributed by atoms with E-state index in [-0.39, 0.29) is 23.8 Å². The molecule has 1 heterocycles. The van der Waals surface area contributed by atoms with Crippen LogP contribution in [0.1, 0.15) is 42.6 Å². The number of hydrogen-bond donors (Lipinski definition) is 1. The fourth-order valence-corrected chi connectivity index (χ4v) is 3.07. The van der Waals surface area contributed by atoms with Gasteiger partial charge in [-0.1, -0.05) is 19.1 Å². The van der Waals surface area contributed by atoms with E-state index < -0.39 is 0 Å². The summed E-state index contributed by atoms with van der Waals surface area (Å²) in [5.41, 5.74) is 1.91. The molecular formula is C19H28N2O3. The Morgan fingerprint density at radius 3 is 2.58 bits per heavy atom. The molecule has 2 rings (SSSR count). The normalized spacial score (nSPS) is 20.7. The maximum atomic E-state index is 12.8. The van der Waals surface area contributed by atoms with Gasteiger partial charge in [0.25, 0.3) is 5.91 Å². The highest BCUT2D eigenvalue weighted by Gasteiger charge is 2.32. The highest BCUT2D eigenvalue weighted by Crippen LogP contribution is 2.24. The first-order chi connectivity index (χ1) is 11.6. The van der Waals surface area contributed by atoms with Gasteiger partial charge in [-0.2, -0.15) is 0 Å². The Labute approximate surface area is 144 Å². The molecule has 0 bridgehead atoms. The van der Waals surface area contributed by atoms with E-state index in [1.54, 1.807) is 7.11 Å². The quantitative estimate of drug-likeness (QED) is 0.813. The van der Waals surface area contributed by atoms with Gasteiger partial charge in [-0.05, 0) is 43.9 Å². The lowest BCUT2D eigenvalue weighted by Gasteiger charge is -2.37. The summed E-state index contributed by atoms with van der Waals surface area (Å²) in [6.45, 7) is 5.64. The highest BCUT2D eigenvalue weighted by molar-refractivity contribution is 5.95. The van der Waals surface area contributed by atoms with Crippen molar-refractivity contribution in [1.82, 2.24) is 10.2 Å². The molecule has 0 aromatic heterocycles. The van der Waals surface area contributed by atoms with Crippen LogP contribution in [0.5, 0.6) is 0 Å². The Bertz CT molecular complexity index is 556. The van der Waals surface area contributed by atoms with E-state index in [0.717, 1.165) is 19.3 Å². The van der Waals surface area contributed by atoms with Crippen LogP contribution < -0.4 is 5.32 Å². The van der Waals surface area contributed by atoms with E-state index in [0.29, 0.717) is 25.3 Å². The molecule has 0 spiro atoms. The van der Waals surface area contributed by atoms with Crippen molar-refractivity contribution in [3.05, 3.63) is 35.4 Å². The molecule has 0 radical (unpaired) electrons. The molecule has 1 saturated heterocycles. The number of carbonyl (C=O) groups is 2. The van der Waals surface area contributed by atoms with Gasteiger partial charge < -0.3 is 15.0 Å². The van der Waals surface area contributed by atoms with E-state index in [2.05, 4.69) is 19.2 Å². The van der Waals surface area contributed by atoms with Gasteiger partial charge in [0, 0.05) is 31.8 Å². The highest BCUT2D eigenvalue weighted by atomic mass is 16.5. The zero-order chi connectivity index (χ0) is 17.5. The van der Waals surface area contributed by atoms with Gasteiger partial charge in [-0.3, -0.25) is 9.59 Å². The molecule has 0 unspecified atom stereocenters. The van der Waals surface area contributed by atoms with Crippen molar-refractivity contribution in [2.75, 3.05) is 26.8 Å². The summed E-state index contributed by atoms with van der Waals surface area (Å²) in [6, 6.07) is 7.92. The number of rotatable bonds is 6. The second-order valence-corrected chi connectivity index (χ2v) is 6.42. The zero-order valence-corrected chi connectivity index (χ0v) is 14.9. The number of carbonyl (C=O) groups excluding carboxylic acids is 2. The Hall–Kier alpha value is -1.88. The predicted molar refractivity (Wildman–Crippen MR) is 93.9 cm³/mol. The molecule has 1 N–H and O–H groups in total. The molecule has 2 atom stereocenters. The molecule has 5 heteroatoms. The minimum absolute atomic E-state index is 0.0121. The van der Waals surface area contributed by atoms with Crippen LogP contribution in [0.25, 0.3) is 0 Å². The topological polar surface area (TPSA) is 58.6 Å². The summed E-state index contributed by atoms with van der Waals surface area (Å²) in [5, 5.41) is 2.88. The van der Waals surface area contributed by atoms with Crippen molar-refractivity contribution < 1.29 is 14.3 Å². The average molecular weight is 332 g/mol. The molecule has 1 aliphatic rings. The van der Waals surface area contributed by atoms with Crippen molar-refractivity contribution in [2.45, 2.75) is 39.2 Å². The van der Waals surface area contributed by atoms with Gasteiger partial charge >= 0.3 is 0 Å². The zero-order valence-electron chi connectivity index (χ0n) is 14.9. The lowest BCUT2D eigenvalue weighted by atomic mass is 9.92. The van der Waals surface area contributed by atoms with E-state index in [4.69, 9.17) is 4.74 Å². The van der Waals surface area contributed by atoms with Crippen molar-refractivity contribution in [1.29, 1.82) is 0 Å². The molecule has 5 nitrogen and oxygen atoms in total. The van der Waals surface area contributed by atoms with E-state index in [9.17, 15) is 9.59 Å². The Balaban J connectivity index is 2.01. The van der Waals surface area contributed by atoms with Crippen LogP contribution in [-0.2, 0) is 16.0 Å². The summed E-state index contributed by atoms with van der Waals surface area (Å²) in [6.07, 6.45) is 2.62. The molecule has 2 amide bonds. The fourth-order valence-electron chi connectivity index (χ4n) is 3.07. The van der Waals surface area contributed by atoms with Crippen molar-refractivity contribution in [2.24, 2.45) is 5.92 Å². The first-order valence-electron chi connectivity index (χ1n) is 8.73. The minimum atomic E-state index is -0.142. The maximum absolute atomic E-state index is 12.8. The van der Waals surface area contributed by atoms with Crippen LogP contribution in [0.2, 0.25) is 0 Å². The summed E-state index contributed by atoms with van der Waals surface area (Å²) in [4.78, 5) is 26.9. The number of nitrogens with one attached hydrogen (secondary N) is 1. The first kappa shape index (κ1) is 18.5. The summed E-state index contributed by atoms with van der Waals surface area (Å²) < 4.78 is 4.95. The third kappa shape index (κ3) is 4.57. The number of aryl methyl sites for hydroxylation is 1. The lowest BCUT2D eigenvalue weighted by molar-refractivity contribution is -0.126. The van der Waals surface area contributed by atoms with Gasteiger partial charge in [0.05, 0.1) is 12.5 Å². The van der Waals surface area contributed by atoms with Gasteiger partial charge in [0.1, 0.15) is 0 Å². The van der Waals surface area contributed by atoms with Crippen molar-refractivity contribution >= 4 is 11.8 Å². The van der Waals surface area contributed by atoms with Gasteiger partial charge in [-0.25, -0.2) is 0 Å². The van der Waals surface area contributed by atoms with Crippen molar-refractivity contribution in [3.63, 3.8) is 0 Å². The van der Waals surface area contributed by atoms with Gasteiger partial charge in [-0.15, -0.1) is 0 Å². The second-order valence-electron chi connectivity index (χ2n) is 6.42. The molecule has 1 aromatic rings. The van der Waals surface area contributed by atoms with Crippen LogP contribution in [-0.4, -0.2) is 49.6 Å². The van der Waals surface area contributed by atoms with Crippen molar-refractivity contribution in [3.8, 4) is 0 Å². The number of ether oxygens (including phenoxy) is 1. The summed E-state index contributed by atoms with van der Waals surface area (Å²) >= 11 is 0. The van der Waals surface area contributed by atoms with E-state index in [1.165, 1.54) is 5.56 Å². The van der Waals surface area contributed by atoms with Crippen LogP contribution in [0, 0.1) is 5.92 Å². The van der Waals surface area contributed by atoms with Crippen LogP contribution in [0.15, 0.2) is 24.3 Å². The van der Waals surface area contributed by atoms with E-state index >= 15 is 0 Å². The molecular weight excluding hydrogens is 304 g/mol. The third-order valence-corrected chi connectivity index (χ3v) is 4.73. The molecule has 24 heavy (non-hydrogen) atoms. The number of nitrogens with zero attached hydrogens (tertiary/aromatic N) is 1. The monoisotopic (exact) mass is 332 g/mol. The number of methoxy groups -OCH3 is 1. The fraction of sp³-hybridized carbons (Fsp3) is 0.579. The Morgan fingerprint density at radius 1 is 1.25 bits per heavy atom. The average Bonchev–Trinajstić information content (AvgIpc) is 2.61. The molecule has 0 saturated carbocycles. The minimum Gasteiger partial charge on any atom is -0.383 e. The van der Waals surface area contributed by atoms with Crippen LogP contribution in [0.4, 0.5) is 0 Å². The Morgan fingerprint density at radius 2 is 1.96 bits per heavy atom. The Kier molecular flexibility index (Phi) is 6.79. The number of hydrogen-bond acceptors (Lipinski definition) is 3. The van der Waals surface area contributed by atoms with Gasteiger partial charge in [0.15, 0.2) is 0 Å². The number of likely N-dealkylation sites (tertiary alicyclic amines) is 1. The summed E-state index contributed by atoms with van der Waals surface area (Å²) in [5.74, 6) is -0.116. The molecule has 1 aliphatic heterocycles. The predicted octanol–water partition coefficient (Wildman–Crippen LogP) is 2.25. The molecule has 1 fully saturated rings. The molecule has 132 valence electrons. The SMILES string of the molecule is CCc1ccc(C(=O)N2C[C@@H](C(=O)NCCOC)CC[C@H]2C)cc1. The smallest absolute Gasteiger partial charge is 0.254 e. The largest absolute Gasteiger partial charge is 0.383 e. The summed E-state index contributed by atoms with van der Waals surface area (Å²) in [7, 11) is 1.61. The number of amides is 2. The first-order valence-corrected chi connectivity index (χ1v) is 8.73. The van der Waals surface area contributed by atoms with Gasteiger partial charge in [0.2, 0.25) is 5.91 Å².